The Bertz CT molecular complexity index is 525. The summed E-state index contributed by atoms with van der Waals surface area (Å²) in [5.41, 5.74) is 8.76. The molecule has 0 radical (unpaired) electrons. The van der Waals surface area contributed by atoms with Gasteiger partial charge < -0.3 is 10.7 Å². The molecule has 0 spiro atoms. The van der Waals surface area contributed by atoms with E-state index in [0.717, 1.165) is 23.3 Å². The summed E-state index contributed by atoms with van der Waals surface area (Å²) in [6.45, 7) is 2.06. The zero-order valence-corrected chi connectivity index (χ0v) is 11.5. The van der Waals surface area contributed by atoms with E-state index >= 15 is 0 Å². The van der Waals surface area contributed by atoms with Gasteiger partial charge in [0.1, 0.15) is 5.82 Å². The molecule has 4 bridgehead atoms. The number of rotatable bonds is 1. The summed E-state index contributed by atoms with van der Waals surface area (Å²) in [5, 5.41) is 0. The van der Waals surface area contributed by atoms with E-state index in [0.29, 0.717) is 5.82 Å². The molecule has 102 valence electrons. The fourth-order valence-electron chi connectivity index (χ4n) is 5.83. The van der Waals surface area contributed by atoms with E-state index in [9.17, 15) is 4.79 Å². The molecule has 1 aromatic heterocycles. The van der Waals surface area contributed by atoms with Crippen LogP contribution in [0.3, 0.4) is 0 Å². The Hall–Kier alpha value is -1.25. The molecule has 0 amide bonds. The molecule has 1 aromatic rings. The molecule has 3 N–H and O–H groups in total. The maximum Gasteiger partial charge on any atom is 0.249 e. The minimum atomic E-state index is -0.0662. The van der Waals surface area contributed by atoms with E-state index in [4.69, 9.17) is 5.73 Å². The molecule has 0 unspecified atom stereocenters. The van der Waals surface area contributed by atoms with Crippen LogP contribution in [0.1, 0.15) is 49.7 Å². The topological polar surface area (TPSA) is 58.9 Å². The molecule has 0 aromatic carbocycles. The van der Waals surface area contributed by atoms with E-state index < -0.39 is 0 Å². The smallest absolute Gasteiger partial charge is 0.249 e. The number of aryl methyl sites for hydroxylation is 1. The van der Waals surface area contributed by atoms with Crippen LogP contribution in [0, 0.1) is 24.7 Å². The molecule has 0 atom stereocenters. The Morgan fingerprint density at radius 3 is 2.16 bits per heavy atom. The van der Waals surface area contributed by atoms with Crippen molar-refractivity contribution in [3.05, 3.63) is 27.5 Å². The first-order valence-corrected chi connectivity index (χ1v) is 7.56. The highest BCUT2D eigenvalue weighted by Gasteiger charge is 2.52. The highest BCUT2D eigenvalue weighted by atomic mass is 16.1. The normalized spacial score (nSPS) is 39.7. The third-order valence-corrected chi connectivity index (χ3v) is 5.84. The fraction of sp³-hybridized carbons (Fsp3) is 0.688. The molecule has 0 saturated heterocycles. The predicted octanol–water partition coefficient (Wildman–Crippen LogP) is 2.73. The maximum absolute atomic E-state index is 11.6. The van der Waals surface area contributed by atoms with Crippen molar-refractivity contribution in [3.63, 3.8) is 0 Å². The summed E-state index contributed by atoms with van der Waals surface area (Å²) in [6.07, 6.45) is 8.16. The lowest BCUT2D eigenvalue weighted by Gasteiger charge is -2.57. The Morgan fingerprint density at radius 1 is 1.16 bits per heavy atom. The lowest BCUT2D eigenvalue weighted by Crippen LogP contribution is -2.49. The van der Waals surface area contributed by atoms with Crippen molar-refractivity contribution < 1.29 is 0 Å². The standard InChI is InChI=1S/C16H22N2O/c1-9-2-13(19)18-15(17)14(9)16-6-10-3-11(7-16)5-12(4-10)8-16/h2,10-12H,3-8H2,1H3,(H3,17,18,19). The van der Waals surface area contributed by atoms with Gasteiger partial charge in [-0.15, -0.1) is 0 Å². The third-order valence-electron chi connectivity index (χ3n) is 5.84. The second-order valence-electron chi connectivity index (χ2n) is 7.30. The van der Waals surface area contributed by atoms with Gasteiger partial charge in [0, 0.05) is 11.6 Å². The van der Waals surface area contributed by atoms with Crippen LogP contribution in [0.25, 0.3) is 0 Å². The number of aromatic amines is 1. The van der Waals surface area contributed by atoms with Crippen molar-refractivity contribution in [1.82, 2.24) is 4.98 Å². The Morgan fingerprint density at radius 2 is 1.68 bits per heavy atom. The largest absolute Gasteiger partial charge is 0.385 e. The van der Waals surface area contributed by atoms with Crippen LogP contribution in [-0.2, 0) is 5.41 Å². The first-order valence-electron chi connectivity index (χ1n) is 7.56. The van der Waals surface area contributed by atoms with Crippen LogP contribution in [0.5, 0.6) is 0 Å². The molecule has 3 heteroatoms. The van der Waals surface area contributed by atoms with Crippen LogP contribution in [0.15, 0.2) is 10.9 Å². The van der Waals surface area contributed by atoms with Crippen molar-refractivity contribution in [2.45, 2.75) is 50.9 Å². The van der Waals surface area contributed by atoms with Gasteiger partial charge in [-0.2, -0.15) is 0 Å². The van der Waals surface area contributed by atoms with Crippen molar-refractivity contribution in [1.29, 1.82) is 0 Å². The average molecular weight is 258 g/mol. The van der Waals surface area contributed by atoms with Crippen LogP contribution in [0.2, 0.25) is 0 Å². The predicted molar refractivity (Wildman–Crippen MR) is 76.1 cm³/mol. The fourth-order valence-corrected chi connectivity index (χ4v) is 5.83. The second-order valence-corrected chi connectivity index (χ2v) is 7.30. The minimum Gasteiger partial charge on any atom is -0.385 e. The van der Waals surface area contributed by atoms with Gasteiger partial charge in [-0.05, 0) is 74.2 Å². The van der Waals surface area contributed by atoms with E-state index in [1.165, 1.54) is 44.1 Å². The molecular weight excluding hydrogens is 236 g/mol. The quantitative estimate of drug-likeness (QED) is 0.813. The Kier molecular flexibility index (Phi) is 2.22. The first kappa shape index (κ1) is 11.6. The highest BCUT2D eigenvalue weighted by molar-refractivity contribution is 5.50. The summed E-state index contributed by atoms with van der Waals surface area (Å²) >= 11 is 0. The number of hydrogen-bond donors (Lipinski definition) is 2. The number of H-pyrrole nitrogens is 1. The zero-order valence-electron chi connectivity index (χ0n) is 11.5. The van der Waals surface area contributed by atoms with E-state index in [1.807, 2.05) is 0 Å². The molecular formula is C16H22N2O. The van der Waals surface area contributed by atoms with Gasteiger partial charge in [-0.1, -0.05) is 0 Å². The molecule has 4 saturated carbocycles. The van der Waals surface area contributed by atoms with Crippen LogP contribution in [-0.4, -0.2) is 4.98 Å². The van der Waals surface area contributed by atoms with E-state index in [2.05, 4.69) is 11.9 Å². The van der Waals surface area contributed by atoms with Crippen molar-refractivity contribution in [2.24, 2.45) is 17.8 Å². The SMILES string of the molecule is Cc1cc(=O)[nH]c(N)c1C12CC3CC(CC(C3)C1)C2. The van der Waals surface area contributed by atoms with E-state index in [-0.39, 0.29) is 11.0 Å². The van der Waals surface area contributed by atoms with Gasteiger partial charge in [-0.3, -0.25) is 4.79 Å². The Balaban J connectivity index is 1.86. The molecule has 0 aliphatic heterocycles. The van der Waals surface area contributed by atoms with Crippen LogP contribution < -0.4 is 11.3 Å². The van der Waals surface area contributed by atoms with Gasteiger partial charge in [-0.25, -0.2) is 0 Å². The lowest BCUT2D eigenvalue weighted by molar-refractivity contribution is -0.00523. The summed E-state index contributed by atoms with van der Waals surface area (Å²) in [6, 6.07) is 1.73. The molecule has 1 heterocycles. The molecule has 19 heavy (non-hydrogen) atoms. The Labute approximate surface area is 113 Å². The first-order chi connectivity index (χ1) is 9.06. The summed E-state index contributed by atoms with van der Waals surface area (Å²) in [4.78, 5) is 14.4. The maximum atomic E-state index is 11.6. The summed E-state index contributed by atoms with van der Waals surface area (Å²) < 4.78 is 0. The number of nitrogens with two attached hydrogens (primary N) is 1. The van der Waals surface area contributed by atoms with Gasteiger partial charge in [0.15, 0.2) is 0 Å². The van der Waals surface area contributed by atoms with Crippen LogP contribution >= 0.6 is 0 Å². The van der Waals surface area contributed by atoms with Gasteiger partial charge in [0.05, 0.1) is 0 Å². The lowest BCUT2D eigenvalue weighted by atomic mass is 9.47. The van der Waals surface area contributed by atoms with Gasteiger partial charge in [0.25, 0.3) is 0 Å². The number of nitrogen functional groups attached to an aromatic ring is 1. The monoisotopic (exact) mass is 258 g/mol. The van der Waals surface area contributed by atoms with Gasteiger partial charge >= 0.3 is 0 Å². The van der Waals surface area contributed by atoms with Crippen molar-refractivity contribution in [2.75, 3.05) is 5.73 Å². The summed E-state index contributed by atoms with van der Waals surface area (Å²) in [5.74, 6) is 3.33. The molecule has 5 rings (SSSR count). The van der Waals surface area contributed by atoms with Crippen LogP contribution in [0.4, 0.5) is 5.82 Å². The third kappa shape index (κ3) is 1.60. The number of pyridine rings is 1. The molecule has 3 nitrogen and oxygen atoms in total. The number of aromatic nitrogens is 1. The second kappa shape index (κ2) is 3.65. The summed E-state index contributed by atoms with van der Waals surface area (Å²) in [7, 11) is 0. The number of anilines is 1. The van der Waals surface area contributed by atoms with Gasteiger partial charge in [0.2, 0.25) is 5.56 Å². The van der Waals surface area contributed by atoms with E-state index in [1.54, 1.807) is 6.07 Å². The average Bonchev–Trinajstić information content (AvgIpc) is 2.24. The molecule has 4 fully saturated rings. The van der Waals surface area contributed by atoms with Crippen molar-refractivity contribution >= 4 is 5.82 Å². The molecule has 4 aliphatic rings. The molecule has 4 aliphatic carbocycles. The number of nitrogens with one attached hydrogen (secondary N) is 1. The van der Waals surface area contributed by atoms with Crippen molar-refractivity contribution in [3.8, 4) is 0 Å². The minimum absolute atomic E-state index is 0.0662. The highest BCUT2D eigenvalue weighted by Crippen LogP contribution is 2.61. The zero-order chi connectivity index (χ0) is 13.2. The number of hydrogen-bond acceptors (Lipinski definition) is 2.